The van der Waals surface area contributed by atoms with Crippen molar-refractivity contribution in [2.45, 2.75) is 6.54 Å². The highest BCUT2D eigenvalue weighted by Gasteiger charge is 2.25. The van der Waals surface area contributed by atoms with Gasteiger partial charge in [-0.3, -0.25) is 14.8 Å². The van der Waals surface area contributed by atoms with Crippen molar-refractivity contribution < 1.29 is 4.79 Å². The highest BCUT2D eigenvalue weighted by Crippen LogP contribution is 2.16. The highest BCUT2D eigenvalue weighted by molar-refractivity contribution is 5.97. The van der Waals surface area contributed by atoms with E-state index in [4.69, 9.17) is 5.84 Å². The highest BCUT2D eigenvalue weighted by atomic mass is 16.2. The summed E-state index contributed by atoms with van der Waals surface area (Å²) in [5.41, 5.74) is 1.38. The van der Waals surface area contributed by atoms with Crippen LogP contribution in [0.3, 0.4) is 0 Å². The summed E-state index contributed by atoms with van der Waals surface area (Å²) in [7, 11) is 0. The number of carbonyl (C=O) groups excluding carboxylic acids is 1. The molecule has 1 aromatic heterocycles. The first kappa shape index (κ1) is 6.30. The van der Waals surface area contributed by atoms with Crippen LogP contribution in [-0.4, -0.2) is 15.9 Å². The number of amides is 1. The zero-order chi connectivity index (χ0) is 7.84. The third kappa shape index (κ3) is 0.798. The Bertz CT molecular complexity index is 310. The van der Waals surface area contributed by atoms with Crippen LogP contribution in [0.1, 0.15) is 16.1 Å². The summed E-state index contributed by atoms with van der Waals surface area (Å²) in [5, 5.41) is 1.16. The third-order valence-electron chi connectivity index (χ3n) is 1.70. The molecule has 0 spiro atoms. The van der Waals surface area contributed by atoms with Gasteiger partial charge in [0, 0.05) is 6.20 Å². The molecule has 0 bridgehead atoms. The van der Waals surface area contributed by atoms with Crippen molar-refractivity contribution in [1.29, 1.82) is 0 Å². The fourth-order valence-electron chi connectivity index (χ4n) is 1.15. The molecule has 0 atom stereocenters. The predicted molar refractivity (Wildman–Crippen MR) is 38.3 cm³/mol. The normalized spacial score (nSPS) is 15.4. The number of pyridine rings is 1. The molecule has 0 aromatic carbocycles. The Morgan fingerprint density at radius 3 is 3.18 bits per heavy atom. The van der Waals surface area contributed by atoms with E-state index in [1.165, 1.54) is 0 Å². The Hall–Kier alpha value is -1.42. The van der Waals surface area contributed by atoms with Gasteiger partial charge in [0.05, 0.1) is 17.8 Å². The Labute approximate surface area is 63.6 Å². The molecule has 2 rings (SSSR count). The fourth-order valence-corrected chi connectivity index (χ4v) is 1.15. The van der Waals surface area contributed by atoms with E-state index in [0.29, 0.717) is 12.1 Å². The maximum atomic E-state index is 11.2. The molecule has 4 nitrogen and oxygen atoms in total. The average molecular weight is 149 g/mol. The van der Waals surface area contributed by atoms with E-state index >= 15 is 0 Å². The van der Waals surface area contributed by atoms with Gasteiger partial charge in [-0.25, -0.2) is 5.84 Å². The van der Waals surface area contributed by atoms with Crippen molar-refractivity contribution in [2.75, 3.05) is 0 Å². The van der Waals surface area contributed by atoms with Crippen LogP contribution >= 0.6 is 0 Å². The molecule has 0 fully saturated rings. The van der Waals surface area contributed by atoms with Gasteiger partial charge in [0.2, 0.25) is 0 Å². The average Bonchev–Trinajstić information content (AvgIpc) is 2.30. The van der Waals surface area contributed by atoms with Crippen molar-refractivity contribution in [3.8, 4) is 0 Å². The molecular weight excluding hydrogens is 142 g/mol. The van der Waals surface area contributed by atoms with Crippen LogP contribution in [0.25, 0.3) is 0 Å². The molecule has 1 amide bonds. The largest absolute Gasteiger partial charge is 0.270 e. The quantitative estimate of drug-likeness (QED) is 0.414. The van der Waals surface area contributed by atoms with Gasteiger partial charge >= 0.3 is 0 Å². The standard InChI is InChI=1S/C7H7N3O/c8-10-4-6-5(7(10)11)2-1-3-9-6/h1-3H,4,8H2. The van der Waals surface area contributed by atoms with Crippen molar-refractivity contribution in [3.63, 3.8) is 0 Å². The topological polar surface area (TPSA) is 59.2 Å². The summed E-state index contributed by atoms with van der Waals surface area (Å²) in [6.45, 7) is 0.426. The molecule has 1 aromatic rings. The van der Waals surface area contributed by atoms with E-state index in [1.807, 2.05) is 0 Å². The molecule has 1 aliphatic rings. The Kier molecular flexibility index (Phi) is 1.16. The molecule has 2 heterocycles. The van der Waals surface area contributed by atoms with Crippen molar-refractivity contribution in [2.24, 2.45) is 5.84 Å². The number of hydrogen-bond acceptors (Lipinski definition) is 3. The number of hydrazine groups is 1. The number of nitrogens with two attached hydrogens (primary N) is 1. The SMILES string of the molecule is NN1Cc2ncccc2C1=O. The van der Waals surface area contributed by atoms with Gasteiger partial charge in [-0.05, 0) is 12.1 Å². The maximum absolute atomic E-state index is 11.2. The van der Waals surface area contributed by atoms with Gasteiger partial charge in [-0.15, -0.1) is 0 Å². The minimum absolute atomic E-state index is 0.145. The number of hydrogen-bond donors (Lipinski definition) is 1. The van der Waals surface area contributed by atoms with Crippen LogP contribution < -0.4 is 5.84 Å². The second-order valence-electron chi connectivity index (χ2n) is 2.43. The number of carbonyl (C=O) groups is 1. The van der Waals surface area contributed by atoms with Gasteiger partial charge < -0.3 is 0 Å². The number of nitrogens with zero attached hydrogens (tertiary/aromatic N) is 2. The van der Waals surface area contributed by atoms with E-state index in [0.717, 1.165) is 10.7 Å². The van der Waals surface area contributed by atoms with Gasteiger partial charge in [0.25, 0.3) is 5.91 Å². The second-order valence-corrected chi connectivity index (χ2v) is 2.43. The number of rotatable bonds is 0. The molecule has 0 saturated carbocycles. The van der Waals surface area contributed by atoms with E-state index in [1.54, 1.807) is 18.3 Å². The zero-order valence-electron chi connectivity index (χ0n) is 5.82. The van der Waals surface area contributed by atoms with Crippen LogP contribution in [0, 0.1) is 0 Å². The first-order valence-corrected chi connectivity index (χ1v) is 3.29. The van der Waals surface area contributed by atoms with Gasteiger partial charge in [0.15, 0.2) is 0 Å². The number of fused-ring (bicyclic) bond motifs is 1. The molecule has 0 unspecified atom stereocenters. The lowest BCUT2D eigenvalue weighted by molar-refractivity contribution is 0.0778. The van der Waals surface area contributed by atoms with Crippen molar-refractivity contribution >= 4 is 5.91 Å². The fraction of sp³-hybridized carbons (Fsp3) is 0.143. The van der Waals surface area contributed by atoms with Gasteiger partial charge in [0.1, 0.15) is 0 Å². The smallest absolute Gasteiger partial charge is 0.270 e. The molecule has 0 saturated heterocycles. The minimum Gasteiger partial charge on any atom is -0.270 e. The minimum atomic E-state index is -0.145. The summed E-state index contributed by atoms with van der Waals surface area (Å²) in [4.78, 5) is 15.2. The molecular formula is C7H7N3O. The number of aromatic nitrogens is 1. The van der Waals surface area contributed by atoms with Gasteiger partial charge in [-0.1, -0.05) is 0 Å². The Morgan fingerprint density at radius 2 is 2.45 bits per heavy atom. The Balaban J connectivity index is 2.55. The maximum Gasteiger partial charge on any atom is 0.270 e. The summed E-state index contributed by atoms with van der Waals surface area (Å²) in [6.07, 6.45) is 1.66. The van der Waals surface area contributed by atoms with E-state index in [9.17, 15) is 4.79 Å². The lowest BCUT2D eigenvalue weighted by Crippen LogP contribution is -2.30. The molecule has 4 heteroatoms. The first-order valence-electron chi connectivity index (χ1n) is 3.29. The Morgan fingerprint density at radius 1 is 1.64 bits per heavy atom. The summed E-state index contributed by atoms with van der Waals surface area (Å²) < 4.78 is 0. The zero-order valence-corrected chi connectivity index (χ0v) is 5.82. The van der Waals surface area contributed by atoms with Crippen molar-refractivity contribution in [1.82, 2.24) is 9.99 Å². The first-order chi connectivity index (χ1) is 5.29. The molecule has 2 N–H and O–H groups in total. The predicted octanol–water partition coefficient (Wildman–Crippen LogP) is -0.0889. The lowest BCUT2D eigenvalue weighted by atomic mass is 10.2. The van der Waals surface area contributed by atoms with Crippen LogP contribution in [0.4, 0.5) is 0 Å². The lowest BCUT2D eigenvalue weighted by Gasteiger charge is -2.03. The van der Waals surface area contributed by atoms with E-state index in [-0.39, 0.29) is 5.91 Å². The molecule has 11 heavy (non-hydrogen) atoms. The second kappa shape index (κ2) is 2.03. The van der Waals surface area contributed by atoms with Gasteiger partial charge in [-0.2, -0.15) is 0 Å². The molecule has 0 radical (unpaired) electrons. The van der Waals surface area contributed by atoms with E-state index < -0.39 is 0 Å². The van der Waals surface area contributed by atoms with Crippen LogP contribution in [0.2, 0.25) is 0 Å². The molecule has 0 aliphatic carbocycles. The van der Waals surface area contributed by atoms with Crippen molar-refractivity contribution in [3.05, 3.63) is 29.6 Å². The van der Waals surface area contributed by atoms with Crippen LogP contribution in [0.15, 0.2) is 18.3 Å². The summed E-state index contributed by atoms with van der Waals surface area (Å²) >= 11 is 0. The molecule has 1 aliphatic heterocycles. The van der Waals surface area contributed by atoms with Crippen LogP contribution in [0.5, 0.6) is 0 Å². The van der Waals surface area contributed by atoms with Crippen LogP contribution in [-0.2, 0) is 6.54 Å². The third-order valence-corrected chi connectivity index (χ3v) is 1.70. The summed E-state index contributed by atoms with van der Waals surface area (Å²) in [6, 6.07) is 3.47. The van der Waals surface area contributed by atoms with E-state index in [2.05, 4.69) is 4.98 Å². The summed E-state index contributed by atoms with van der Waals surface area (Å²) in [5.74, 6) is 5.23. The monoisotopic (exact) mass is 149 g/mol. The molecule has 56 valence electrons.